The lowest BCUT2D eigenvalue weighted by Gasteiger charge is -2.28. The third-order valence-electron chi connectivity index (χ3n) is 9.27. The van der Waals surface area contributed by atoms with Gasteiger partial charge in [-0.1, -0.05) is 127 Å². The maximum Gasteiger partial charge on any atom is 0.0569 e. The molecule has 0 unspecified atom stereocenters. The second kappa shape index (κ2) is 12.9. The van der Waals surface area contributed by atoms with Crippen LogP contribution >= 0.6 is 22.9 Å². The van der Waals surface area contributed by atoms with Gasteiger partial charge in [0.15, 0.2) is 0 Å². The van der Waals surface area contributed by atoms with Crippen LogP contribution in [0.1, 0.15) is 0 Å². The predicted molar refractivity (Wildman–Crippen MR) is 217 cm³/mol. The van der Waals surface area contributed by atoms with Crippen molar-refractivity contribution in [2.24, 2.45) is 0 Å². The molecule has 4 heteroatoms. The van der Waals surface area contributed by atoms with E-state index in [1.54, 1.807) is 11.3 Å². The third-order valence-corrected chi connectivity index (χ3v) is 10.6. The Bertz CT molecular complexity index is 2560. The van der Waals surface area contributed by atoms with Gasteiger partial charge in [-0.25, -0.2) is 0 Å². The first-order chi connectivity index (χ1) is 24.7. The van der Waals surface area contributed by atoms with Crippen LogP contribution in [0.2, 0.25) is 5.02 Å². The minimum absolute atomic E-state index is 0.715. The summed E-state index contributed by atoms with van der Waals surface area (Å²) < 4.78 is 2.37. The summed E-state index contributed by atoms with van der Waals surface area (Å²) in [6, 6.07) is 66.7. The first-order valence-corrected chi connectivity index (χ1v) is 17.9. The highest BCUT2D eigenvalue weighted by Crippen LogP contribution is 2.49. The average Bonchev–Trinajstić information content (AvgIpc) is 3.54. The molecule has 0 amide bonds. The van der Waals surface area contributed by atoms with E-state index in [4.69, 9.17) is 11.6 Å². The zero-order chi connectivity index (χ0) is 33.4. The Morgan fingerprint density at radius 1 is 0.380 bits per heavy atom. The number of halogens is 1. The molecule has 0 saturated heterocycles. The summed E-state index contributed by atoms with van der Waals surface area (Å²) in [5, 5.41) is 5.50. The normalized spacial score (nSPS) is 11.3. The van der Waals surface area contributed by atoms with Gasteiger partial charge in [0.1, 0.15) is 0 Å². The molecule has 50 heavy (non-hydrogen) atoms. The van der Waals surface area contributed by atoms with E-state index in [0.717, 1.165) is 38.8 Å². The quantitative estimate of drug-likeness (QED) is 0.165. The van der Waals surface area contributed by atoms with E-state index >= 15 is 0 Å². The Kier molecular flexibility index (Phi) is 7.77. The highest BCUT2D eigenvalue weighted by molar-refractivity contribution is 7.26. The van der Waals surface area contributed by atoms with Crippen LogP contribution in [-0.2, 0) is 0 Å². The van der Waals surface area contributed by atoms with Crippen LogP contribution in [0.5, 0.6) is 0 Å². The van der Waals surface area contributed by atoms with Crippen LogP contribution in [0.4, 0.5) is 34.1 Å². The van der Waals surface area contributed by atoms with Crippen LogP contribution in [-0.4, -0.2) is 0 Å². The number of nitrogens with zero attached hydrogens (tertiary/aromatic N) is 2. The SMILES string of the molecule is Clc1cc(N(c2ccccc2)c2ccccc2)c2c(c1)sc1ccc(N(c3ccccc3)c3ccc(-c4ccccc4)c4ccccc34)cc12. The molecule has 0 aliphatic carbocycles. The average molecular weight is 679 g/mol. The lowest BCUT2D eigenvalue weighted by atomic mass is 9.96. The van der Waals surface area contributed by atoms with Gasteiger partial charge in [-0.05, 0) is 89.3 Å². The van der Waals surface area contributed by atoms with Gasteiger partial charge in [-0.2, -0.15) is 0 Å². The van der Waals surface area contributed by atoms with Crippen molar-refractivity contribution in [1.29, 1.82) is 0 Å². The molecule has 8 aromatic carbocycles. The number of anilines is 6. The molecule has 9 rings (SSSR count). The molecule has 0 bridgehead atoms. The summed E-state index contributed by atoms with van der Waals surface area (Å²) >= 11 is 8.68. The van der Waals surface area contributed by atoms with Crippen molar-refractivity contribution in [3.05, 3.63) is 193 Å². The summed E-state index contributed by atoms with van der Waals surface area (Å²) in [5.41, 5.74) is 8.96. The van der Waals surface area contributed by atoms with Gasteiger partial charge in [0.2, 0.25) is 0 Å². The minimum Gasteiger partial charge on any atom is -0.310 e. The van der Waals surface area contributed by atoms with E-state index in [1.165, 1.54) is 37.4 Å². The molecular weight excluding hydrogens is 648 g/mol. The standard InChI is InChI=1S/C46H31ClN2S/c47-33-29-43(48(34-17-7-2-8-18-34)35-19-9-3-10-20-35)46-41-31-37(25-28-44(41)50-45(46)30-33)49(36-21-11-4-12-22-36)42-27-26-38(32-15-5-1-6-16-32)39-23-13-14-24-40(39)42/h1-31H. The molecule has 0 N–H and O–H groups in total. The zero-order valence-corrected chi connectivity index (χ0v) is 28.7. The Morgan fingerprint density at radius 2 is 0.920 bits per heavy atom. The first-order valence-electron chi connectivity index (χ1n) is 16.7. The number of fused-ring (bicyclic) bond motifs is 4. The van der Waals surface area contributed by atoms with Crippen molar-refractivity contribution in [2.45, 2.75) is 0 Å². The van der Waals surface area contributed by atoms with E-state index in [2.05, 4.69) is 198 Å². The van der Waals surface area contributed by atoms with Gasteiger partial charge in [-0.15, -0.1) is 11.3 Å². The molecule has 0 fully saturated rings. The lowest BCUT2D eigenvalue weighted by Crippen LogP contribution is -2.11. The minimum atomic E-state index is 0.715. The molecule has 0 aliphatic rings. The van der Waals surface area contributed by atoms with Gasteiger partial charge >= 0.3 is 0 Å². The van der Waals surface area contributed by atoms with Crippen LogP contribution in [0.15, 0.2) is 188 Å². The van der Waals surface area contributed by atoms with Crippen molar-refractivity contribution < 1.29 is 0 Å². The number of rotatable bonds is 7. The van der Waals surface area contributed by atoms with Gasteiger partial charge < -0.3 is 9.80 Å². The molecule has 0 atom stereocenters. The maximum absolute atomic E-state index is 6.90. The largest absolute Gasteiger partial charge is 0.310 e. The fourth-order valence-corrected chi connectivity index (χ4v) is 8.51. The fraction of sp³-hybridized carbons (Fsp3) is 0. The lowest BCUT2D eigenvalue weighted by molar-refractivity contribution is 1.30. The molecule has 0 spiro atoms. The van der Waals surface area contributed by atoms with E-state index in [1.807, 2.05) is 0 Å². The fourth-order valence-electron chi connectivity index (χ4n) is 7.09. The molecule has 0 saturated carbocycles. The van der Waals surface area contributed by atoms with Gasteiger partial charge in [-0.3, -0.25) is 0 Å². The van der Waals surface area contributed by atoms with E-state index in [-0.39, 0.29) is 0 Å². The molecule has 238 valence electrons. The van der Waals surface area contributed by atoms with Crippen molar-refractivity contribution >= 4 is 88.0 Å². The Labute approximate surface area is 300 Å². The maximum atomic E-state index is 6.90. The summed E-state index contributed by atoms with van der Waals surface area (Å²) in [6.07, 6.45) is 0. The van der Waals surface area contributed by atoms with Crippen molar-refractivity contribution in [3.63, 3.8) is 0 Å². The van der Waals surface area contributed by atoms with Crippen LogP contribution < -0.4 is 9.80 Å². The summed E-state index contributed by atoms with van der Waals surface area (Å²) in [4.78, 5) is 4.71. The van der Waals surface area contributed by atoms with Crippen LogP contribution in [0.3, 0.4) is 0 Å². The molecule has 1 aromatic heterocycles. The highest BCUT2D eigenvalue weighted by Gasteiger charge is 2.22. The Hall–Kier alpha value is -5.87. The summed E-state index contributed by atoms with van der Waals surface area (Å²) in [5.74, 6) is 0. The number of para-hydroxylation sites is 3. The predicted octanol–water partition coefficient (Wildman–Crippen LogP) is 14.5. The molecule has 1 heterocycles. The Morgan fingerprint density at radius 3 is 1.54 bits per heavy atom. The van der Waals surface area contributed by atoms with Gasteiger partial charge in [0, 0.05) is 53.3 Å². The molecule has 0 radical (unpaired) electrons. The summed E-state index contributed by atoms with van der Waals surface area (Å²) in [6.45, 7) is 0. The Balaban J connectivity index is 1.29. The second-order valence-electron chi connectivity index (χ2n) is 12.3. The van der Waals surface area contributed by atoms with E-state index < -0.39 is 0 Å². The second-order valence-corrected chi connectivity index (χ2v) is 13.8. The van der Waals surface area contributed by atoms with Gasteiger partial charge in [0.25, 0.3) is 0 Å². The smallest absolute Gasteiger partial charge is 0.0569 e. The van der Waals surface area contributed by atoms with Crippen molar-refractivity contribution in [3.8, 4) is 11.1 Å². The molecular formula is C46H31ClN2S. The van der Waals surface area contributed by atoms with Crippen molar-refractivity contribution in [2.75, 3.05) is 9.80 Å². The van der Waals surface area contributed by atoms with Crippen molar-refractivity contribution in [1.82, 2.24) is 0 Å². The van der Waals surface area contributed by atoms with Gasteiger partial charge in [0.05, 0.1) is 11.4 Å². The molecule has 9 aromatic rings. The first kappa shape index (κ1) is 30.2. The van der Waals surface area contributed by atoms with E-state index in [0.29, 0.717) is 5.02 Å². The highest BCUT2D eigenvalue weighted by atomic mass is 35.5. The monoisotopic (exact) mass is 678 g/mol. The number of hydrogen-bond donors (Lipinski definition) is 0. The summed E-state index contributed by atoms with van der Waals surface area (Å²) in [7, 11) is 0. The molecule has 0 aliphatic heterocycles. The number of benzene rings is 8. The third kappa shape index (κ3) is 5.38. The number of hydrogen-bond acceptors (Lipinski definition) is 3. The van der Waals surface area contributed by atoms with Crippen LogP contribution in [0, 0.1) is 0 Å². The van der Waals surface area contributed by atoms with E-state index in [9.17, 15) is 0 Å². The topological polar surface area (TPSA) is 6.48 Å². The molecule has 2 nitrogen and oxygen atoms in total. The van der Waals surface area contributed by atoms with Crippen LogP contribution in [0.25, 0.3) is 42.1 Å². The zero-order valence-electron chi connectivity index (χ0n) is 27.1. The number of thiophene rings is 1.